The minimum Gasteiger partial charge on any atom is -0.493 e. The van der Waals surface area contributed by atoms with Crippen LogP contribution in [0.1, 0.15) is 27.0 Å². The second-order valence-corrected chi connectivity index (χ2v) is 7.62. The molecule has 0 atom stereocenters. The van der Waals surface area contributed by atoms with Gasteiger partial charge in [-0.3, -0.25) is 14.6 Å². The highest BCUT2D eigenvalue weighted by Gasteiger charge is 2.22. The Hall–Kier alpha value is -3.73. The van der Waals surface area contributed by atoms with E-state index >= 15 is 0 Å². The maximum Gasteiger partial charge on any atom is 0.307 e. The van der Waals surface area contributed by atoms with Crippen LogP contribution in [0.15, 0.2) is 48.7 Å². The van der Waals surface area contributed by atoms with Crippen molar-refractivity contribution in [2.75, 3.05) is 6.61 Å². The van der Waals surface area contributed by atoms with Crippen LogP contribution >= 0.6 is 0 Å². The van der Waals surface area contributed by atoms with Gasteiger partial charge < -0.3 is 9.84 Å². The molecule has 1 aliphatic heterocycles. The van der Waals surface area contributed by atoms with Gasteiger partial charge in [0.15, 0.2) is 0 Å². The van der Waals surface area contributed by atoms with Gasteiger partial charge in [0, 0.05) is 29.1 Å². The number of pyridine rings is 1. The minimum atomic E-state index is -0.887. The fourth-order valence-corrected chi connectivity index (χ4v) is 4.47. The molecule has 0 amide bonds. The summed E-state index contributed by atoms with van der Waals surface area (Å²) in [5.41, 5.74) is 5.94. The van der Waals surface area contributed by atoms with Gasteiger partial charge in [0.25, 0.3) is 0 Å². The van der Waals surface area contributed by atoms with Gasteiger partial charge in [-0.2, -0.15) is 0 Å². The third-order valence-electron chi connectivity index (χ3n) is 5.80. The quantitative estimate of drug-likeness (QED) is 0.504. The van der Waals surface area contributed by atoms with Crippen LogP contribution < -0.4 is 4.74 Å². The van der Waals surface area contributed by atoms with Crippen molar-refractivity contribution in [3.8, 4) is 16.9 Å². The Morgan fingerprint density at radius 3 is 2.87 bits per heavy atom. The Balaban J connectivity index is 1.92. The first-order chi connectivity index (χ1) is 14.6. The van der Waals surface area contributed by atoms with Gasteiger partial charge in [-0.15, -0.1) is 0 Å². The smallest absolute Gasteiger partial charge is 0.307 e. The van der Waals surface area contributed by atoms with Gasteiger partial charge in [-0.05, 0) is 64.2 Å². The summed E-state index contributed by atoms with van der Waals surface area (Å²) < 4.78 is 5.85. The second kappa shape index (κ2) is 6.95. The van der Waals surface area contributed by atoms with Crippen molar-refractivity contribution in [3.05, 3.63) is 70.9 Å². The molecule has 0 saturated heterocycles. The van der Waals surface area contributed by atoms with Gasteiger partial charge in [0.05, 0.1) is 18.5 Å². The molecule has 30 heavy (non-hydrogen) atoms. The molecule has 0 aliphatic carbocycles. The van der Waals surface area contributed by atoms with Crippen LogP contribution in [0.25, 0.3) is 32.8 Å². The number of carbonyl (C=O) groups is 2. The lowest BCUT2D eigenvalue weighted by Crippen LogP contribution is -2.10. The first-order valence-electron chi connectivity index (χ1n) is 9.84. The predicted octanol–water partition coefficient (Wildman–Crippen LogP) is 4.74. The van der Waals surface area contributed by atoms with Crippen LogP contribution in [0.5, 0.6) is 5.75 Å². The number of aldehydes is 1. The van der Waals surface area contributed by atoms with E-state index in [1.165, 1.54) is 5.56 Å². The number of carboxylic acid groups (broad SMARTS) is 1. The first-order valence-corrected chi connectivity index (χ1v) is 9.84. The highest BCUT2D eigenvalue weighted by molar-refractivity contribution is 6.09. The van der Waals surface area contributed by atoms with E-state index in [2.05, 4.69) is 4.98 Å². The molecule has 5 nitrogen and oxygen atoms in total. The number of carboxylic acids is 1. The zero-order valence-electron chi connectivity index (χ0n) is 16.4. The van der Waals surface area contributed by atoms with Gasteiger partial charge in [0.1, 0.15) is 12.0 Å². The molecule has 2 heterocycles. The molecule has 0 spiro atoms. The molecule has 1 aliphatic rings. The summed E-state index contributed by atoms with van der Waals surface area (Å²) in [6.07, 6.45) is 3.34. The van der Waals surface area contributed by atoms with Crippen molar-refractivity contribution < 1.29 is 19.4 Å². The van der Waals surface area contributed by atoms with E-state index in [4.69, 9.17) is 4.74 Å². The van der Waals surface area contributed by atoms with Crippen LogP contribution in [0.4, 0.5) is 0 Å². The van der Waals surface area contributed by atoms with Crippen LogP contribution in [-0.2, 0) is 17.6 Å². The number of aryl methyl sites for hydroxylation is 1. The minimum absolute atomic E-state index is 0.0913. The van der Waals surface area contributed by atoms with E-state index in [9.17, 15) is 14.7 Å². The van der Waals surface area contributed by atoms with Crippen molar-refractivity contribution >= 4 is 33.9 Å². The van der Waals surface area contributed by atoms with Gasteiger partial charge in [-0.25, -0.2) is 0 Å². The van der Waals surface area contributed by atoms with Crippen molar-refractivity contribution in [1.29, 1.82) is 0 Å². The summed E-state index contributed by atoms with van der Waals surface area (Å²) in [6, 6.07) is 13.4. The molecule has 3 aromatic carbocycles. The summed E-state index contributed by atoms with van der Waals surface area (Å²) in [4.78, 5) is 27.6. The third-order valence-corrected chi connectivity index (χ3v) is 5.80. The molecule has 0 radical (unpaired) electrons. The zero-order chi connectivity index (χ0) is 20.8. The molecule has 0 fully saturated rings. The average Bonchev–Trinajstić information content (AvgIpc) is 2.75. The van der Waals surface area contributed by atoms with E-state index in [0.717, 1.165) is 62.4 Å². The normalized spacial score (nSPS) is 12.7. The number of ether oxygens (including phenoxy) is 1. The number of benzene rings is 3. The summed E-state index contributed by atoms with van der Waals surface area (Å²) in [7, 11) is 0. The van der Waals surface area contributed by atoms with Crippen molar-refractivity contribution in [2.45, 2.75) is 19.8 Å². The Morgan fingerprint density at radius 1 is 1.20 bits per heavy atom. The lowest BCUT2D eigenvalue weighted by atomic mass is 9.86. The van der Waals surface area contributed by atoms with Crippen LogP contribution in [0.2, 0.25) is 0 Å². The lowest BCUT2D eigenvalue weighted by molar-refractivity contribution is -0.136. The zero-order valence-corrected chi connectivity index (χ0v) is 16.4. The highest BCUT2D eigenvalue weighted by Crippen LogP contribution is 2.42. The third kappa shape index (κ3) is 2.82. The molecule has 0 unspecified atom stereocenters. The molecule has 0 saturated carbocycles. The predicted molar refractivity (Wildman–Crippen MR) is 115 cm³/mol. The molecule has 1 aromatic heterocycles. The fourth-order valence-electron chi connectivity index (χ4n) is 4.47. The molecule has 148 valence electrons. The summed E-state index contributed by atoms with van der Waals surface area (Å²) in [5, 5.41) is 12.4. The van der Waals surface area contributed by atoms with Crippen LogP contribution in [0.3, 0.4) is 0 Å². The summed E-state index contributed by atoms with van der Waals surface area (Å²) in [5.74, 6) is -0.0784. The Kier molecular flexibility index (Phi) is 4.24. The van der Waals surface area contributed by atoms with E-state index < -0.39 is 5.97 Å². The van der Waals surface area contributed by atoms with Gasteiger partial charge >= 0.3 is 5.97 Å². The van der Waals surface area contributed by atoms with Gasteiger partial charge in [0.2, 0.25) is 0 Å². The second-order valence-electron chi connectivity index (χ2n) is 7.62. The molecule has 1 N–H and O–H groups in total. The molecular weight excluding hydrogens is 378 g/mol. The van der Waals surface area contributed by atoms with E-state index in [1.54, 1.807) is 12.3 Å². The lowest BCUT2D eigenvalue weighted by Gasteiger charge is -2.21. The van der Waals surface area contributed by atoms with Crippen molar-refractivity contribution in [3.63, 3.8) is 0 Å². The Morgan fingerprint density at radius 2 is 2.07 bits per heavy atom. The monoisotopic (exact) mass is 397 g/mol. The number of carbonyl (C=O) groups excluding carboxylic acids is 1. The number of fused-ring (bicyclic) bond motifs is 1. The SMILES string of the molecule is Cc1cc2cc(C=O)ccc2c(-c2ccc3c4c(ccnc24)CCO3)c1CC(=O)O. The molecule has 5 rings (SSSR count). The number of nitrogens with zero attached hydrogens (tertiary/aromatic N) is 1. The number of aromatic nitrogens is 1. The van der Waals surface area contributed by atoms with Crippen molar-refractivity contribution in [1.82, 2.24) is 4.98 Å². The number of aliphatic carboxylic acids is 1. The first kappa shape index (κ1) is 18.3. The molecule has 4 aromatic rings. The standard InChI is InChI=1S/C25H19NO4/c1-14-10-17-11-15(13-27)2-3-18(17)24(20(14)12-22(28)29)19-4-5-21-23-16(7-9-30-21)6-8-26-25(19)23/h2-6,8,10-11,13H,7,9,12H2,1H3,(H,28,29). The van der Waals surface area contributed by atoms with Crippen molar-refractivity contribution in [2.24, 2.45) is 0 Å². The Bertz CT molecular complexity index is 1350. The average molecular weight is 397 g/mol. The van der Waals surface area contributed by atoms with E-state index in [1.807, 2.05) is 43.3 Å². The van der Waals surface area contributed by atoms with Gasteiger partial charge in [-0.1, -0.05) is 18.2 Å². The van der Waals surface area contributed by atoms with E-state index in [0.29, 0.717) is 12.2 Å². The number of rotatable bonds is 4. The molecule has 5 heteroatoms. The number of hydrogen-bond donors (Lipinski definition) is 1. The summed E-state index contributed by atoms with van der Waals surface area (Å²) in [6.45, 7) is 2.55. The maximum atomic E-state index is 11.7. The molecule has 0 bridgehead atoms. The summed E-state index contributed by atoms with van der Waals surface area (Å²) >= 11 is 0. The Labute approximate surface area is 172 Å². The number of hydrogen-bond acceptors (Lipinski definition) is 4. The van der Waals surface area contributed by atoms with Crippen LogP contribution in [0, 0.1) is 6.92 Å². The van der Waals surface area contributed by atoms with E-state index in [-0.39, 0.29) is 6.42 Å². The fraction of sp³-hybridized carbons (Fsp3) is 0.160. The maximum absolute atomic E-state index is 11.7. The highest BCUT2D eigenvalue weighted by atomic mass is 16.5. The topological polar surface area (TPSA) is 76.5 Å². The van der Waals surface area contributed by atoms with Crippen LogP contribution in [-0.4, -0.2) is 29.0 Å². The molecular formula is C25H19NO4. The largest absolute Gasteiger partial charge is 0.493 e.